The van der Waals surface area contributed by atoms with Crippen molar-refractivity contribution in [1.29, 1.82) is 0 Å². The highest BCUT2D eigenvalue weighted by Gasteiger charge is 2.33. The van der Waals surface area contributed by atoms with Gasteiger partial charge in [-0.1, -0.05) is 26.8 Å². The predicted molar refractivity (Wildman–Crippen MR) is 92.9 cm³/mol. The smallest absolute Gasteiger partial charge is 0.133 e. The molecule has 1 N–H and O–H groups in total. The Morgan fingerprint density at radius 1 is 1.29 bits per heavy atom. The molecule has 118 valence electrons. The Balaban J connectivity index is 2.12. The third-order valence-corrected chi connectivity index (χ3v) is 4.90. The second-order valence-corrected chi connectivity index (χ2v) is 7.02. The third kappa shape index (κ3) is 4.72. The lowest BCUT2D eigenvalue weighted by atomic mass is 9.90. The highest BCUT2D eigenvalue weighted by molar-refractivity contribution is 9.10. The summed E-state index contributed by atoms with van der Waals surface area (Å²) >= 11 is 3.66. The van der Waals surface area contributed by atoms with E-state index in [1.165, 1.54) is 24.8 Å². The molecule has 0 aromatic heterocycles. The lowest BCUT2D eigenvalue weighted by molar-refractivity contribution is 0.314. The van der Waals surface area contributed by atoms with E-state index >= 15 is 0 Å². The van der Waals surface area contributed by atoms with Crippen LogP contribution in [0.15, 0.2) is 22.7 Å². The number of ether oxygens (including phenoxy) is 1. The average Bonchev–Trinajstić information content (AvgIpc) is 3.31. The zero-order valence-corrected chi connectivity index (χ0v) is 15.1. The molecule has 0 saturated heterocycles. The largest absolute Gasteiger partial charge is 0.492 e. The van der Waals surface area contributed by atoms with E-state index in [1.807, 2.05) is 0 Å². The Kier molecular flexibility index (Phi) is 6.56. The maximum Gasteiger partial charge on any atom is 0.133 e. The second-order valence-electron chi connectivity index (χ2n) is 6.17. The van der Waals surface area contributed by atoms with Gasteiger partial charge in [-0.2, -0.15) is 0 Å². The van der Waals surface area contributed by atoms with Gasteiger partial charge in [-0.05, 0) is 77.7 Å². The molecule has 21 heavy (non-hydrogen) atoms. The van der Waals surface area contributed by atoms with E-state index in [4.69, 9.17) is 4.74 Å². The first-order chi connectivity index (χ1) is 10.2. The van der Waals surface area contributed by atoms with Crippen LogP contribution < -0.4 is 10.1 Å². The summed E-state index contributed by atoms with van der Waals surface area (Å²) in [6.07, 6.45) is 5.00. The normalized spacial score (nSPS) is 17.5. The van der Waals surface area contributed by atoms with Gasteiger partial charge in [-0.3, -0.25) is 0 Å². The van der Waals surface area contributed by atoms with E-state index in [9.17, 15) is 0 Å². The van der Waals surface area contributed by atoms with Crippen LogP contribution in [-0.4, -0.2) is 13.2 Å². The molecule has 0 aliphatic heterocycles. The zero-order valence-electron chi connectivity index (χ0n) is 13.5. The van der Waals surface area contributed by atoms with E-state index in [0.29, 0.717) is 12.0 Å². The van der Waals surface area contributed by atoms with Crippen LogP contribution in [0.25, 0.3) is 0 Å². The van der Waals surface area contributed by atoms with Crippen molar-refractivity contribution in [3.05, 3.63) is 28.2 Å². The van der Waals surface area contributed by atoms with Crippen molar-refractivity contribution in [2.75, 3.05) is 13.2 Å². The van der Waals surface area contributed by atoms with E-state index in [2.05, 4.69) is 60.2 Å². The highest BCUT2D eigenvalue weighted by Crippen LogP contribution is 2.43. The van der Waals surface area contributed by atoms with E-state index < -0.39 is 0 Å². The fraction of sp³-hybridized carbons (Fsp3) is 0.667. The Morgan fingerprint density at radius 2 is 2.05 bits per heavy atom. The molecule has 1 aromatic rings. The van der Waals surface area contributed by atoms with E-state index in [-0.39, 0.29) is 0 Å². The molecular weight excluding hydrogens is 326 g/mol. The molecule has 3 heteroatoms. The number of hydrogen-bond acceptors (Lipinski definition) is 2. The van der Waals surface area contributed by atoms with Crippen molar-refractivity contribution in [2.24, 2.45) is 11.8 Å². The van der Waals surface area contributed by atoms with Gasteiger partial charge in [-0.15, -0.1) is 0 Å². The van der Waals surface area contributed by atoms with Crippen molar-refractivity contribution in [3.63, 3.8) is 0 Å². The van der Waals surface area contributed by atoms with Crippen molar-refractivity contribution < 1.29 is 4.74 Å². The molecule has 1 aromatic carbocycles. The maximum absolute atomic E-state index is 5.75. The number of nitrogens with one attached hydrogen (secondary N) is 1. The van der Waals surface area contributed by atoms with Crippen LogP contribution in [0.2, 0.25) is 0 Å². The summed E-state index contributed by atoms with van der Waals surface area (Å²) in [7, 11) is 0. The highest BCUT2D eigenvalue weighted by atomic mass is 79.9. The molecule has 0 amide bonds. The van der Waals surface area contributed by atoms with Gasteiger partial charge in [0.15, 0.2) is 0 Å². The Morgan fingerprint density at radius 3 is 2.62 bits per heavy atom. The molecule has 0 bridgehead atoms. The molecule has 0 spiro atoms. The summed E-state index contributed by atoms with van der Waals surface area (Å²) in [6, 6.07) is 7.02. The van der Waals surface area contributed by atoms with Crippen molar-refractivity contribution >= 4 is 15.9 Å². The number of benzene rings is 1. The lowest BCUT2D eigenvalue weighted by Crippen LogP contribution is -2.28. The topological polar surface area (TPSA) is 21.3 Å². The van der Waals surface area contributed by atoms with Crippen LogP contribution in [0.4, 0.5) is 0 Å². The fourth-order valence-corrected chi connectivity index (χ4v) is 3.35. The summed E-state index contributed by atoms with van der Waals surface area (Å²) in [5, 5.41) is 3.74. The predicted octanol–water partition coefficient (Wildman–Crippen LogP) is 5.32. The van der Waals surface area contributed by atoms with Gasteiger partial charge in [0.1, 0.15) is 5.75 Å². The molecule has 2 unspecified atom stereocenters. The van der Waals surface area contributed by atoms with Gasteiger partial charge in [0.05, 0.1) is 11.1 Å². The van der Waals surface area contributed by atoms with Crippen LogP contribution in [0.1, 0.15) is 58.1 Å². The van der Waals surface area contributed by atoms with Gasteiger partial charge in [0.25, 0.3) is 0 Å². The maximum atomic E-state index is 5.75. The summed E-state index contributed by atoms with van der Waals surface area (Å²) in [5.74, 6) is 2.55. The summed E-state index contributed by atoms with van der Waals surface area (Å²) < 4.78 is 6.82. The SMILES string of the molecule is CCCNC(c1ccc(OCCC)c(Br)c1)C(C)C1CC1. The van der Waals surface area contributed by atoms with Crippen LogP contribution in [0, 0.1) is 11.8 Å². The summed E-state index contributed by atoms with van der Waals surface area (Å²) in [6.45, 7) is 8.59. The van der Waals surface area contributed by atoms with Crippen LogP contribution in [0.3, 0.4) is 0 Å². The first-order valence-corrected chi connectivity index (χ1v) is 9.12. The Bertz CT molecular complexity index is 445. The number of halogens is 1. The first-order valence-electron chi connectivity index (χ1n) is 8.33. The van der Waals surface area contributed by atoms with Gasteiger partial charge in [0.2, 0.25) is 0 Å². The quantitative estimate of drug-likeness (QED) is 0.648. The minimum Gasteiger partial charge on any atom is -0.492 e. The first kappa shape index (κ1) is 16.8. The Hall–Kier alpha value is -0.540. The van der Waals surface area contributed by atoms with Gasteiger partial charge < -0.3 is 10.1 Å². The second kappa shape index (κ2) is 8.19. The standard InChI is InChI=1S/C18H28BrNO/c1-4-10-20-18(13(3)14-6-7-14)15-8-9-17(16(19)12-15)21-11-5-2/h8-9,12-14,18,20H,4-7,10-11H2,1-3H3. The fourth-order valence-electron chi connectivity index (χ4n) is 2.84. The molecule has 1 aliphatic rings. The van der Waals surface area contributed by atoms with Gasteiger partial charge in [0, 0.05) is 6.04 Å². The molecule has 0 heterocycles. The minimum atomic E-state index is 0.453. The van der Waals surface area contributed by atoms with Crippen molar-refractivity contribution in [1.82, 2.24) is 5.32 Å². The molecule has 0 radical (unpaired) electrons. The summed E-state index contributed by atoms with van der Waals surface area (Å²) in [5.41, 5.74) is 1.37. The molecule has 2 atom stereocenters. The molecule has 2 nitrogen and oxygen atoms in total. The monoisotopic (exact) mass is 353 g/mol. The van der Waals surface area contributed by atoms with Crippen molar-refractivity contribution in [3.8, 4) is 5.75 Å². The number of hydrogen-bond donors (Lipinski definition) is 1. The molecule has 1 aliphatic carbocycles. The van der Waals surface area contributed by atoms with Crippen LogP contribution >= 0.6 is 15.9 Å². The Labute approximate surface area is 137 Å². The van der Waals surface area contributed by atoms with Gasteiger partial charge >= 0.3 is 0 Å². The summed E-state index contributed by atoms with van der Waals surface area (Å²) in [4.78, 5) is 0. The molecule has 1 fully saturated rings. The third-order valence-electron chi connectivity index (χ3n) is 4.28. The van der Waals surface area contributed by atoms with Crippen LogP contribution in [0.5, 0.6) is 5.75 Å². The zero-order chi connectivity index (χ0) is 15.2. The molecular formula is C18H28BrNO. The molecule has 1 saturated carbocycles. The average molecular weight is 354 g/mol. The van der Waals surface area contributed by atoms with E-state index in [1.54, 1.807) is 0 Å². The lowest BCUT2D eigenvalue weighted by Gasteiger charge is -2.26. The van der Waals surface area contributed by atoms with Gasteiger partial charge in [-0.25, -0.2) is 0 Å². The van der Waals surface area contributed by atoms with Crippen LogP contribution in [-0.2, 0) is 0 Å². The molecule has 2 rings (SSSR count). The minimum absolute atomic E-state index is 0.453. The number of rotatable bonds is 9. The van der Waals surface area contributed by atoms with E-state index in [0.717, 1.165) is 35.7 Å². The van der Waals surface area contributed by atoms with Crippen molar-refractivity contribution in [2.45, 2.75) is 52.5 Å².